The van der Waals surface area contributed by atoms with Crippen LogP contribution in [0.3, 0.4) is 0 Å². The number of nitrogens with zero attached hydrogens (tertiary/aromatic N) is 1. The first-order valence-electron chi connectivity index (χ1n) is 5.65. The maximum atomic E-state index is 5.26. The third kappa shape index (κ3) is 1.89. The van der Waals surface area contributed by atoms with E-state index in [4.69, 9.17) is 4.74 Å². The lowest BCUT2D eigenvalue weighted by Gasteiger charge is -2.04. The van der Waals surface area contributed by atoms with Crippen LogP contribution >= 0.6 is 0 Å². The predicted octanol–water partition coefficient (Wildman–Crippen LogP) is -0.170. The molecule has 2 nitrogen and oxygen atoms in total. The van der Waals surface area contributed by atoms with Crippen LogP contribution in [0.2, 0.25) is 0 Å². The highest BCUT2D eigenvalue weighted by atomic mass is 35.5. The van der Waals surface area contributed by atoms with Crippen molar-refractivity contribution < 1.29 is 21.7 Å². The first-order chi connectivity index (χ1) is 8.29. The minimum Gasteiger partial charge on any atom is -1.00 e. The molecule has 1 aromatic heterocycles. The fraction of sp³-hybridized carbons (Fsp3) is 0.133. The number of halogens is 1. The Kier molecular flexibility index (Phi) is 3.39. The molecule has 1 heterocycles. The molecule has 92 valence electrons. The topological polar surface area (TPSA) is 13.1 Å². The van der Waals surface area contributed by atoms with Crippen molar-refractivity contribution in [2.75, 3.05) is 7.11 Å². The predicted molar refractivity (Wildman–Crippen MR) is 69.2 cm³/mol. The first kappa shape index (κ1) is 12.7. The fourth-order valence-electron chi connectivity index (χ4n) is 2.31. The molecular weight excluding hydrogens is 246 g/mol. The van der Waals surface area contributed by atoms with E-state index in [-0.39, 0.29) is 12.4 Å². The number of ether oxygens (including phenoxy) is 1. The van der Waals surface area contributed by atoms with Crippen LogP contribution in [0.5, 0.6) is 5.75 Å². The van der Waals surface area contributed by atoms with E-state index in [2.05, 4.69) is 54.2 Å². The molecular formula is C15H14ClNO. The minimum absolute atomic E-state index is 0. The number of pyridine rings is 1. The van der Waals surface area contributed by atoms with Gasteiger partial charge in [-0.3, -0.25) is 0 Å². The quantitative estimate of drug-likeness (QED) is 0.437. The Morgan fingerprint density at radius 2 is 1.78 bits per heavy atom. The number of methoxy groups -OCH3 is 1. The second-order valence-corrected chi connectivity index (χ2v) is 4.21. The Morgan fingerprint density at radius 1 is 1.00 bits per heavy atom. The van der Waals surface area contributed by atoms with Gasteiger partial charge in [0.25, 0.3) is 0 Å². The second kappa shape index (κ2) is 4.83. The molecule has 0 saturated carbocycles. The summed E-state index contributed by atoms with van der Waals surface area (Å²) in [5.74, 6) is 0.896. The van der Waals surface area contributed by atoms with Crippen molar-refractivity contribution in [3.05, 3.63) is 48.7 Å². The van der Waals surface area contributed by atoms with Gasteiger partial charge in [0.1, 0.15) is 12.8 Å². The summed E-state index contributed by atoms with van der Waals surface area (Å²) in [7, 11) is 3.77. The molecule has 0 aliphatic heterocycles. The van der Waals surface area contributed by atoms with Gasteiger partial charge in [0.2, 0.25) is 5.52 Å². The van der Waals surface area contributed by atoms with E-state index in [1.807, 2.05) is 6.07 Å². The first-order valence-corrected chi connectivity index (χ1v) is 5.65. The third-order valence-electron chi connectivity index (χ3n) is 3.17. The summed E-state index contributed by atoms with van der Waals surface area (Å²) in [5.41, 5.74) is 1.24. The maximum absolute atomic E-state index is 5.26. The van der Waals surface area contributed by atoms with Crippen molar-refractivity contribution in [2.45, 2.75) is 0 Å². The van der Waals surface area contributed by atoms with Crippen LogP contribution in [-0.4, -0.2) is 7.11 Å². The Hall–Kier alpha value is -1.80. The van der Waals surface area contributed by atoms with Gasteiger partial charge in [0.05, 0.1) is 17.9 Å². The monoisotopic (exact) mass is 259 g/mol. The lowest BCUT2D eigenvalue weighted by molar-refractivity contribution is -0.643. The Bertz CT molecular complexity index is 709. The highest BCUT2D eigenvalue weighted by Gasteiger charge is 2.09. The van der Waals surface area contributed by atoms with Crippen molar-refractivity contribution in [1.82, 2.24) is 0 Å². The van der Waals surface area contributed by atoms with Crippen LogP contribution < -0.4 is 21.7 Å². The Balaban J connectivity index is 0.00000120. The molecule has 0 unspecified atom stereocenters. The summed E-state index contributed by atoms with van der Waals surface area (Å²) < 4.78 is 7.41. The third-order valence-corrected chi connectivity index (χ3v) is 3.17. The highest BCUT2D eigenvalue weighted by Crippen LogP contribution is 2.25. The Morgan fingerprint density at radius 3 is 2.56 bits per heavy atom. The van der Waals surface area contributed by atoms with Crippen molar-refractivity contribution in [3.63, 3.8) is 0 Å². The number of fused-ring (bicyclic) bond motifs is 3. The van der Waals surface area contributed by atoms with Crippen LogP contribution in [0.4, 0.5) is 0 Å². The average Bonchev–Trinajstić information content (AvgIpc) is 2.38. The van der Waals surface area contributed by atoms with Gasteiger partial charge in [-0.2, -0.15) is 0 Å². The minimum atomic E-state index is 0. The van der Waals surface area contributed by atoms with Crippen molar-refractivity contribution in [2.24, 2.45) is 7.05 Å². The number of hydrogen-bond acceptors (Lipinski definition) is 1. The van der Waals surface area contributed by atoms with Gasteiger partial charge in [-0.15, -0.1) is 0 Å². The van der Waals surface area contributed by atoms with E-state index in [1.165, 1.54) is 21.7 Å². The van der Waals surface area contributed by atoms with E-state index in [0.717, 1.165) is 5.75 Å². The van der Waals surface area contributed by atoms with Gasteiger partial charge >= 0.3 is 0 Å². The molecule has 0 amide bonds. The molecule has 0 spiro atoms. The largest absolute Gasteiger partial charge is 1.00 e. The van der Waals surface area contributed by atoms with Crippen LogP contribution in [0, 0.1) is 0 Å². The standard InChI is InChI=1S/C15H14NO.ClH/c1-16-10-11-9-12(17-2)7-8-13(11)14-5-3-4-6-15(14)16;/h3-10H,1-2H3;1H/q+1;/p-1. The molecule has 3 heteroatoms. The number of rotatable bonds is 1. The molecule has 0 fully saturated rings. The van der Waals surface area contributed by atoms with Gasteiger partial charge in [-0.05, 0) is 24.3 Å². The molecule has 0 bridgehead atoms. The maximum Gasteiger partial charge on any atom is 0.212 e. The summed E-state index contributed by atoms with van der Waals surface area (Å²) in [5, 5.41) is 3.74. The van der Waals surface area contributed by atoms with Gasteiger partial charge in [0, 0.05) is 11.5 Å². The molecule has 18 heavy (non-hydrogen) atoms. The number of aromatic nitrogens is 1. The SMILES string of the molecule is COc1ccc2c(c1)c[n+](C)c1ccccc21.[Cl-]. The Labute approximate surface area is 112 Å². The molecule has 0 radical (unpaired) electrons. The molecule has 2 aromatic carbocycles. The number of para-hydroxylation sites is 1. The molecule has 0 atom stereocenters. The van der Waals surface area contributed by atoms with E-state index in [9.17, 15) is 0 Å². The fourth-order valence-corrected chi connectivity index (χ4v) is 2.31. The molecule has 0 aliphatic rings. The van der Waals surface area contributed by atoms with Crippen LogP contribution in [-0.2, 0) is 7.05 Å². The smallest absolute Gasteiger partial charge is 0.212 e. The van der Waals surface area contributed by atoms with Gasteiger partial charge < -0.3 is 17.1 Å². The van der Waals surface area contributed by atoms with E-state index in [0.29, 0.717) is 0 Å². The van der Waals surface area contributed by atoms with E-state index >= 15 is 0 Å². The second-order valence-electron chi connectivity index (χ2n) is 4.21. The van der Waals surface area contributed by atoms with Crippen molar-refractivity contribution in [3.8, 4) is 5.75 Å². The summed E-state index contributed by atoms with van der Waals surface area (Å²) in [6, 6.07) is 14.6. The summed E-state index contributed by atoms with van der Waals surface area (Å²) in [6.45, 7) is 0. The average molecular weight is 260 g/mol. The van der Waals surface area contributed by atoms with Crippen LogP contribution in [0.1, 0.15) is 0 Å². The summed E-state index contributed by atoms with van der Waals surface area (Å²) in [6.07, 6.45) is 2.14. The molecule has 3 rings (SSSR count). The van der Waals surface area contributed by atoms with Crippen LogP contribution in [0.15, 0.2) is 48.7 Å². The zero-order valence-corrected chi connectivity index (χ0v) is 11.1. The summed E-state index contributed by atoms with van der Waals surface area (Å²) >= 11 is 0. The number of hydrogen-bond donors (Lipinski definition) is 0. The van der Waals surface area contributed by atoms with Crippen molar-refractivity contribution in [1.29, 1.82) is 0 Å². The van der Waals surface area contributed by atoms with Gasteiger partial charge in [-0.25, -0.2) is 4.57 Å². The lowest BCUT2D eigenvalue weighted by atomic mass is 10.1. The van der Waals surface area contributed by atoms with Crippen molar-refractivity contribution >= 4 is 21.7 Å². The lowest BCUT2D eigenvalue weighted by Crippen LogP contribution is -3.00. The molecule has 0 N–H and O–H groups in total. The molecule has 3 aromatic rings. The van der Waals surface area contributed by atoms with E-state index in [1.54, 1.807) is 7.11 Å². The molecule has 0 aliphatic carbocycles. The highest BCUT2D eigenvalue weighted by molar-refractivity contribution is 6.04. The zero-order chi connectivity index (χ0) is 11.8. The zero-order valence-electron chi connectivity index (χ0n) is 10.4. The van der Waals surface area contributed by atoms with Gasteiger partial charge in [-0.1, -0.05) is 12.1 Å². The molecule has 0 saturated heterocycles. The van der Waals surface area contributed by atoms with Crippen LogP contribution in [0.25, 0.3) is 21.7 Å². The van der Waals surface area contributed by atoms with Gasteiger partial charge in [0.15, 0.2) is 6.20 Å². The number of aryl methyl sites for hydroxylation is 1. The normalized spacial score (nSPS) is 10.3. The summed E-state index contributed by atoms with van der Waals surface area (Å²) in [4.78, 5) is 0. The number of benzene rings is 2. The van der Waals surface area contributed by atoms with E-state index < -0.39 is 0 Å².